The minimum atomic E-state index is 0. The molecule has 1 amide bonds. The third kappa shape index (κ3) is 6.79. The molecule has 1 saturated heterocycles. The van der Waals surface area contributed by atoms with Gasteiger partial charge in [-0.1, -0.05) is 39.0 Å². The van der Waals surface area contributed by atoms with E-state index in [4.69, 9.17) is 0 Å². The van der Waals surface area contributed by atoms with Crippen LogP contribution in [0.4, 0.5) is 0 Å². The number of amides is 1. The molecular weight excluding hydrogens is 451 g/mol. The van der Waals surface area contributed by atoms with Crippen LogP contribution in [0.5, 0.6) is 0 Å². The van der Waals surface area contributed by atoms with Crippen molar-refractivity contribution in [2.24, 2.45) is 22.7 Å². The average molecular weight is 490 g/mol. The maximum absolute atomic E-state index is 12.7. The zero-order chi connectivity index (χ0) is 18.4. The van der Waals surface area contributed by atoms with Gasteiger partial charge in [-0.15, -0.1) is 24.0 Å². The van der Waals surface area contributed by atoms with Crippen molar-refractivity contribution in [2.75, 3.05) is 26.7 Å². The number of guanidine groups is 1. The zero-order valence-corrected chi connectivity index (χ0v) is 19.5. The summed E-state index contributed by atoms with van der Waals surface area (Å²) in [6, 6.07) is 0.333. The standard InChI is InChI=1S/C21H38N4O.HI/c1-16-8-10-17(11-9-16)14-23-21(22-2)24-19-12-13-25(15-19)20(26)18-6-4-3-5-7-18;/h16-19H,3-15H2,1-2H3,(H2,22,23,24);1H. The van der Waals surface area contributed by atoms with Crippen LogP contribution in [-0.2, 0) is 4.79 Å². The van der Waals surface area contributed by atoms with E-state index in [0.717, 1.165) is 56.7 Å². The fourth-order valence-electron chi connectivity index (χ4n) is 4.85. The zero-order valence-electron chi connectivity index (χ0n) is 17.2. The summed E-state index contributed by atoms with van der Waals surface area (Å²) in [6.45, 7) is 5.11. The van der Waals surface area contributed by atoms with E-state index in [1.165, 1.54) is 44.9 Å². The highest BCUT2D eigenvalue weighted by Crippen LogP contribution is 2.28. The van der Waals surface area contributed by atoms with Crippen LogP contribution in [0, 0.1) is 17.8 Å². The Balaban J connectivity index is 0.00000261. The van der Waals surface area contributed by atoms with Crippen LogP contribution in [0.15, 0.2) is 4.99 Å². The molecule has 3 aliphatic rings. The summed E-state index contributed by atoms with van der Waals surface area (Å²) in [6.07, 6.45) is 12.4. The summed E-state index contributed by atoms with van der Waals surface area (Å²) in [5.74, 6) is 3.26. The maximum atomic E-state index is 12.7. The van der Waals surface area contributed by atoms with E-state index in [-0.39, 0.29) is 29.9 Å². The monoisotopic (exact) mass is 490 g/mol. The van der Waals surface area contributed by atoms with E-state index in [1.807, 2.05) is 7.05 Å². The highest BCUT2D eigenvalue weighted by molar-refractivity contribution is 14.0. The van der Waals surface area contributed by atoms with Crippen molar-refractivity contribution in [3.8, 4) is 0 Å². The molecule has 3 rings (SSSR count). The second-order valence-corrected chi connectivity index (χ2v) is 8.83. The third-order valence-corrected chi connectivity index (χ3v) is 6.71. The van der Waals surface area contributed by atoms with Gasteiger partial charge in [-0.2, -0.15) is 0 Å². The summed E-state index contributed by atoms with van der Waals surface area (Å²) < 4.78 is 0. The van der Waals surface area contributed by atoms with Crippen LogP contribution in [0.1, 0.15) is 71.1 Å². The minimum Gasteiger partial charge on any atom is -0.356 e. The quantitative estimate of drug-likeness (QED) is 0.358. The lowest BCUT2D eigenvalue weighted by molar-refractivity contribution is -0.135. The molecule has 1 atom stereocenters. The van der Waals surface area contributed by atoms with Gasteiger partial charge in [0.2, 0.25) is 5.91 Å². The summed E-state index contributed by atoms with van der Waals surface area (Å²) >= 11 is 0. The lowest BCUT2D eigenvalue weighted by atomic mass is 9.83. The number of nitrogens with zero attached hydrogens (tertiary/aromatic N) is 2. The van der Waals surface area contributed by atoms with Gasteiger partial charge < -0.3 is 15.5 Å². The van der Waals surface area contributed by atoms with Crippen molar-refractivity contribution >= 4 is 35.8 Å². The van der Waals surface area contributed by atoms with E-state index in [2.05, 4.69) is 27.4 Å². The van der Waals surface area contributed by atoms with Gasteiger partial charge in [0.05, 0.1) is 0 Å². The van der Waals surface area contributed by atoms with Gasteiger partial charge in [0.1, 0.15) is 0 Å². The molecule has 0 aromatic carbocycles. The third-order valence-electron chi connectivity index (χ3n) is 6.71. The van der Waals surface area contributed by atoms with Crippen molar-refractivity contribution in [2.45, 2.75) is 77.2 Å². The molecule has 3 fully saturated rings. The van der Waals surface area contributed by atoms with E-state index in [9.17, 15) is 4.79 Å². The van der Waals surface area contributed by atoms with Gasteiger partial charge in [-0.25, -0.2) is 0 Å². The number of halogens is 1. The largest absolute Gasteiger partial charge is 0.356 e. The molecule has 0 radical (unpaired) electrons. The smallest absolute Gasteiger partial charge is 0.225 e. The Kier molecular flexibility index (Phi) is 9.66. The van der Waals surface area contributed by atoms with Crippen molar-refractivity contribution in [3.63, 3.8) is 0 Å². The molecule has 0 aromatic heterocycles. The number of carbonyl (C=O) groups excluding carboxylic acids is 1. The summed E-state index contributed by atoms with van der Waals surface area (Å²) in [7, 11) is 1.85. The molecule has 2 saturated carbocycles. The normalized spacial score (nSPS) is 29.9. The first-order chi connectivity index (χ1) is 12.7. The maximum Gasteiger partial charge on any atom is 0.225 e. The molecule has 1 unspecified atom stereocenters. The second-order valence-electron chi connectivity index (χ2n) is 8.83. The molecule has 5 nitrogen and oxygen atoms in total. The fraction of sp³-hybridized carbons (Fsp3) is 0.905. The Bertz CT molecular complexity index is 485. The predicted octanol–water partition coefficient (Wildman–Crippen LogP) is 3.78. The molecule has 6 heteroatoms. The van der Waals surface area contributed by atoms with Gasteiger partial charge in [0.25, 0.3) is 0 Å². The number of likely N-dealkylation sites (tertiary alicyclic amines) is 1. The van der Waals surface area contributed by atoms with E-state index in [1.54, 1.807) is 0 Å². The Hall–Kier alpha value is -0.530. The van der Waals surface area contributed by atoms with Crippen molar-refractivity contribution in [3.05, 3.63) is 0 Å². The summed E-state index contributed by atoms with van der Waals surface area (Å²) in [5.41, 5.74) is 0. The van der Waals surface area contributed by atoms with Gasteiger partial charge in [0.15, 0.2) is 5.96 Å². The van der Waals surface area contributed by atoms with Crippen LogP contribution < -0.4 is 10.6 Å². The first kappa shape index (κ1) is 22.8. The predicted molar refractivity (Wildman–Crippen MR) is 123 cm³/mol. The number of rotatable bonds is 4. The summed E-state index contributed by atoms with van der Waals surface area (Å²) in [4.78, 5) is 19.2. The fourth-order valence-corrected chi connectivity index (χ4v) is 4.85. The molecule has 27 heavy (non-hydrogen) atoms. The van der Waals surface area contributed by atoms with Crippen molar-refractivity contribution < 1.29 is 4.79 Å². The van der Waals surface area contributed by atoms with Crippen LogP contribution in [0.2, 0.25) is 0 Å². The van der Waals surface area contributed by atoms with E-state index in [0.29, 0.717) is 11.9 Å². The molecule has 1 heterocycles. The number of carbonyl (C=O) groups is 1. The van der Waals surface area contributed by atoms with Crippen LogP contribution in [-0.4, -0.2) is 49.5 Å². The van der Waals surface area contributed by atoms with Crippen LogP contribution in [0.25, 0.3) is 0 Å². The first-order valence-electron chi connectivity index (χ1n) is 10.9. The Morgan fingerprint density at radius 3 is 2.41 bits per heavy atom. The molecule has 0 spiro atoms. The molecule has 0 aromatic rings. The highest BCUT2D eigenvalue weighted by Gasteiger charge is 2.31. The SMILES string of the molecule is CN=C(NCC1CCC(C)CC1)NC1CCN(C(=O)C2CCCCC2)C1.I. The molecule has 0 bridgehead atoms. The second kappa shape index (κ2) is 11.5. The van der Waals surface area contributed by atoms with Crippen LogP contribution in [0.3, 0.4) is 0 Å². The van der Waals surface area contributed by atoms with Crippen molar-refractivity contribution in [1.29, 1.82) is 0 Å². The molecular formula is C21H39IN4O. The topological polar surface area (TPSA) is 56.7 Å². The molecule has 2 aliphatic carbocycles. The first-order valence-corrected chi connectivity index (χ1v) is 10.9. The summed E-state index contributed by atoms with van der Waals surface area (Å²) in [5, 5.41) is 7.07. The van der Waals surface area contributed by atoms with Gasteiger partial charge in [-0.3, -0.25) is 9.79 Å². The number of aliphatic imine (C=N–C) groups is 1. The molecule has 2 N–H and O–H groups in total. The van der Waals surface area contributed by atoms with E-state index < -0.39 is 0 Å². The molecule has 156 valence electrons. The van der Waals surface area contributed by atoms with Gasteiger partial charge in [-0.05, 0) is 43.9 Å². The number of hydrogen-bond donors (Lipinski definition) is 2. The lowest BCUT2D eigenvalue weighted by Gasteiger charge is -2.28. The number of hydrogen-bond acceptors (Lipinski definition) is 2. The Morgan fingerprint density at radius 1 is 1.04 bits per heavy atom. The van der Waals surface area contributed by atoms with E-state index >= 15 is 0 Å². The highest BCUT2D eigenvalue weighted by atomic mass is 127. The number of nitrogens with one attached hydrogen (secondary N) is 2. The lowest BCUT2D eigenvalue weighted by Crippen LogP contribution is -2.46. The minimum absolute atomic E-state index is 0. The van der Waals surface area contributed by atoms with Gasteiger partial charge >= 0.3 is 0 Å². The van der Waals surface area contributed by atoms with Gasteiger partial charge in [0, 0.05) is 38.6 Å². The van der Waals surface area contributed by atoms with Crippen molar-refractivity contribution in [1.82, 2.24) is 15.5 Å². The molecule has 1 aliphatic heterocycles. The Labute approximate surface area is 182 Å². The average Bonchev–Trinajstić information content (AvgIpc) is 3.15. The Morgan fingerprint density at radius 2 is 1.74 bits per heavy atom. The van der Waals surface area contributed by atoms with Crippen LogP contribution >= 0.6 is 24.0 Å².